The van der Waals surface area contributed by atoms with Gasteiger partial charge < -0.3 is 10.0 Å². The highest BCUT2D eigenvalue weighted by atomic mass is 32.1. The molecule has 1 aliphatic heterocycles. The number of hydrogen-bond acceptors (Lipinski definition) is 5. The van der Waals surface area contributed by atoms with E-state index in [0.29, 0.717) is 23.7 Å². The van der Waals surface area contributed by atoms with Crippen molar-refractivity contribution in [3.8, 4) is 0 Å². The molecule has 0 bridgehead atoms. The molecule has 3 rings (SSSR count). The van der Waals surface area contributed by atoms with Crippen molar-refractivity contribution in [2.75, 3.05) is 13.1 Å². The van der Waals surface area contributed by atoms with Crippen molar-refractivity contribution >= 4 is 33.4 Å². The molecule has 3 heterocycles. The molecule has 1 amide bonds. The Labute approximate surface area is 142 Å². The Kier molecular flexibility index (Phi) is 4.66. The Morgan fingerprint density at radius 1 is 1.25 bits per heavy atom. The van der Waals surface area contributed by atoms with Crippen LogP contribution in [0, 0.1) is 6.92 Å². The van der Waals surface area contributed by atoms with Crippen LogP contribution >= 0.6 is 11.3 Å². The highest BCUT2D eigenvalue weighted by Gasteiger charge is 2.21. The molecular formula is C16H19N3O4S. The van der Waals surface area contributed by atoms with Crippen LogP contribution in [0.4, 0.5) is 0 Å². The van der Waals surface area contributed by atoms with Crippen LogP contribution in [-0.4, -0.2) is 44.5 Å². The van der Waals surface area contributed by atoms with Crippen molar-refractivity contribution in [1.29, 1.82) is 0 Å². The third-order valence-electron chi connectivity index (χ3n) is 4.37. The van der Waals surface area contributed by atoms with Crippen molar-refractivity contribution in [3.05, 3.63) is 27.1 Å². The molecule has 0 aromatic carbocycles. The van der Waals surface area contributed by atoms with Crippen molar-refractivity contribution in [1.82, 2.24) is 14.5 Å². The van der Waals surface area contributed by atoms with Gasteiger partial charge in [0.25, 0.3) is 5.56 Å². The lowest BCUT2D eigenvalue weighted by Crippen LogP contribution is -2.38. The fourth-order valence-electron chi connectivity index (χ4n) is 3.02. The number of hydrogen-bond donors (Lipinski definition) is 1. The van der Waals surface area contributed by atoms with Gasteiger partial charge in [-0.25, -0.2) is 9.78 Å². The summed E-state index contributed by atoms with van der Waals surface area (Å²) in [6.45, 7) is 2.99. The van der Waals surface area contributed by atoms with Crippen LogP contribution < -0.4 is 5.56 Å². The van der Waals surface area contributed by atoms with E-state index in [9.17, 15) is 19.5 Å². The van der Waals surface area contributed by atoms with Crippen LogP contribution in [0.15, 0.2) is 10.2 Å². The first-order valence-electron chi connectivity index (χ1n) is 7.98. The molecule has 1 aliphatic rings. The number of rotatable bonds is 3. The average Bonchev–Trinajstić information content (AvgIpc) is 2.78. The number of thiophene rings is 1. The lowest BCUT2D eigenvalue weighted by Gasteiger charge is -2.21. The smallest absolute Gasteiger partial charge is 0.337 e. The first-order valence-corrected chi connectivity index (χ1v) is 8.86. The predicted molar refractivity (Wildman–Crippen MR) is 90.6 cm³/mol. The third-order valence-corrected chi connectivity index (χ3v) is 5.24. The summed E-state index contributed by atoms with van der Waals surface area (Å²) in [6.07, 6.45) is 4.19. The quantitative estimate of drug-likeness (QED) is 0.913. The summed E-state index contributed by atoms with van der Waals surface area (Å²) in [5.74, 6) is -0.848. The topological polar surface area (TPSA) is 92.5 Å². The largest absolute Gasteiger partial charge is 0.478 e. The maximum Gasteiger partial charge on any atom is 0.337 e. The van der Waals surface area contributed by atoms with Gasteiger partial charge in [-0.2, -0.15) is 0 Å². The summed E-state index contributed by atoms with van der Waals surface area (Å²) in [5.41, 5.74) is -0.511. The number of aromatic nitrogens is 2. The van der Waals surface area contributed by atoms with E-state index in [2.05, 4.69) is 4.98 Å². The predicted octanol–water partition coefficient (Wildman–Crippen LogP) is 1.87. The Bertz CT molecular complexity index is 847. The summed E-state index contributed by atoms with van der Waals surface area (Å²) in [4.78, 5) is 43.0. The zero-order valence-electron chi connectivity index (χ0n) is 13.4. The third kappa shape index (κ3) is 3.06. The molecule has 0 atom stereocenters. The molecule has 1 saturated heterocycles. The summed E-state index contributed by atoms with van der Waals surface area (Å²) in [6, 6.07) is 0. The molecule has 0 unspecified atom stereocenters. The van der Waals surface area contributed by atoms with Gasteiger partial charge in [0.1, 0.15) is 17.2 Å². The van der Waals surface area contributed by atoms with Crippen LogP contribution in [0.25, 0.3) is 10.2 Å². The van der Waals surface area contributed by atoms with Crippen molar-refractivity contribution in [2.24, 2.45) is 0 Å². The van der Waals surface area contributed by atoms with Gasteiger partial charge in [-0.3, -0.25) is 14.2 Å². The Hall–Kier alpha value is -2.22. The monoisotopic (exact) mass is 349 g/mol. The molecule has 0 aliphatic carbocycles. The van der Waals surface area contributed by atoms with Crippen molar-refractivity contribution < 1.29 is 14.7 Å². The van der Waals surface area contributed by atoms with Crippen LogP contribution in [0.5, 0.6) is 0 Å². The Balaban J connectivity index is 1.96. The summed E-state index contributed by atoms with van der Waals surface area (Å²) in [5, 5.41) is 10.7. The van der Waals surface area contributed by atoms with E-state index in [1.54, 1.807) is 11.8 Å². The zero-order chi connectivity index (χ0) is 17.3. The Morgan fingerprint density at radius 2 is 1.92 bits per heavy atom. The second kappa shape index (κ2) is 6.72. The van der Waals surface area contributed by atoms with E-state index in [-0.39, 0.29) is 23.4 Å². The van der Waals surface area contributed by atoms with E-state index < -0.39 is 11.5 Å². The number of aryl methyl sites for hydroxylation is 1. The van der Waals surface area contributed by atoms with E-state index in [1.165, 1.54) is 9.95 Å². The van der Waals surface area contributed by atoms with Crippen LogP contribution in [0.2, 0.25) is 0 Å². The number of carbonyl (C=O) groups is 2. The van der Waals surface area contributed by atoms with Crippen LogP contribution in [0.1, 0.15) is 41.9 Å². The van der Waals surface area contributed by atoms with Crippen molar-refractivity contribution in [2.45, 2.75) is 39.2 Å². The molecule has 1 N–H and O–H groups in total. The molecule has 0 radical (unpaired) electrons. The fourth-order valence-corrected chi connectivity index (χ4v) is 3.97. The summed E-state index contributed by atoms with van der Waals surface area (Å²) < 4.78 is 1.29. The normalized spacial score (nSPS) is 15.5. The van der Waals surface area contributed by atoms with E-state index >= 15 is 0 Å². The number of carbonyl (C=O) groups excluding carboxylic acids is 1. The lowest BCUT2D eigenvalue weighted by atomic mass is 10.2. The van der Waals surface area contributed by atoms with Gasteiger partial charge in [-0.05, 0) is 19.8 Å². The Morgan fingerprint density at radius 3 is 2.54 bits per heavy atom. The van der Waals surface area contributed by atoms with Gasteiger partial charge in [0.05, 0.1) is 10.9 Å². The SMILES string of the molecule is Cc1nc2scc(C(=O)O)c2c(=O)n1CC(=O)N1CCCCCC1. The van der Waals surface area contributed by atoms with E-state index in [0.717, 1.165) is 37.0 Å². The van der Waals surface area contributed by atoms with Gasteiger partial charge >= 0.3 is 5.97 Å². The molecule has 2 aromatic rings. The lowest BCUT2D eigenvalue weighted by molar-refractivity contribution is -0.131. The minimum absolute atomic E-state index is 0.0523. The van der Waals surface area contributed by atoms with Gasteiger partial charge in [-0.1, -0.05) is 12.8 Å². The molecule has 7 nitrogen and oxygen atoms in total. The number of likely N-dealkylation sites (tertiary alicyclic amines) is 1. The summed E-state index contributed by atoms with van der Waals surface area (Å²) >= 11 is 1.13. The van der Waals surface area contributed by atoms with Gasteiger partial charge in [0.15, 0.2) is 0 Å². The molecule has 2 aromatic heterocycles. The van der Waals surface area contributed by atoms with Gasteiger partial charge in [0.2, 0.25) is 5.91 Å². The molecule has 0 spiro atoms. The zero-order valence-corrected chi connectivity index (χ0v) is 14.3. The number of nitrogens with zero attached hydrogens (tertiary/aromatic N) is 3. The molecule has 0 saturated carbocycles. The minimum atomic E-state index is -1.16. The number of carboxylic acids is 1. The molecule has 1 fully saturated rings. The van der Waals surface area contributed by atoms with E-state index in [4.69, 9.17) is 0 Å². The molecule has 128 valence electrons. The molecular weight excluding hydrogens is 330 g/mol. The molecule has 8 heteroatoms. The average molecular weight is 349 g/mol. The van der Waals surface area contributed by atoms with Crippen LogP contribution in [0.3, 0.4) is 0 Å². The first-order chi connectivity index (χ1) is 11.5. The first kappa shape index (κ1) is 16.6. The van der Waals surface area contributed by atoms with Gasteiger partial charge in [0, 0.05) is 18.5 Å². The highest BCUT2D eigenvalue weighted by Crippen LogP contribution is 2.21. The summed E-state index contributed by atoms with van der Waals surface area (Å²) in [7, 11) is 0. The number of carboxylic acid groups (broad SMARTS) is 1. The number of fused-ring (bicyclic) bond motifs is 1. The minimum Gasteiger partial charge on any atom is -0.478 e. The van der Waals surface area contributed by atoms with Crippen molar-refractivity contribution in [3.63, 3.8) is 0 Å². The number of aromatic carboxylic acids is 1. The molecule has 24 heavy (non-hydrogen) atoms. The standard InChI is InChI=1S/C16H19N3O4S/c1-10-17-14-13(11(9-24-14)16(22)23)15(21)19(10)8-12(20)18-6-4-2-3-5-7-18/h9H,2-8H2,1H3,(H,22,23). The fraction of sp³-hybridized carbons (Fsp3) is 0.500. The maximum absolute atomic E-state index is 12.7. The maximum atomic E-state index is 12.7. The van der Waals surface area contributed by atoms with Gasteiger partial charge in [-0.15, -0.1) is 11.3 Å². The van der Waals surface area contributed by atoms with E-state index in [1.807, 2.05) is 0 Å². The van der Waals surface area contributed by atoms with Crippen LogP contribution in [-0.2, 0) is 11.3 Å². The second-order valence-electron chi connectivity index (χ2n) is 5.98. The number of amides is 1. The second-order valence-corrected chi connectivity index (χ2v) is 6.84. The highest BCUT2D eigenvalue weighted by molar-refractivity contribution is 7.17.